The molecule has 0 saturated heterocycles. The molecule has 3 rings (SSSR count). The largest absolute Gasteiger partial charge is 0.460 e. The van der Waals surface area contributed by atoms with Crippen molar-refractivity contribution >= 4 is 11.8 Å². The number of ether oxygens (including phenoxy) is 1. The number of aryl methyl sites for hydroxylation is 1. The Labute approximate surface area is 168 Å². The summed E-state index contributed by atoms with van der Waals surface area (Å²) in [6.45, 7) is 11.9. The molecule has 0 spiro atoms. The molecule has 1 aromatic carbocycles. The van der Waals surface area contributed by atoms with Crippen molar-refractivity contribution in [3.05, 3.63) is 57.9 Å². The minimum absolute atomic E-state index is 0.0875. The molecule has 1 N–H and O–H groups in total. The van der Waals surface area contributed by atoms with Gasteiger partial charge in [0.05, 0.1) is 11.7 Å². The topological polar surface area (TPSA) is 55.4 Å². The fourth-order valence-corrected chi connectivity index (χ4v) is 4.26. The van der Waals surface area contributed by atoms with Crippen molar-refractivity contribution in [3.63, 3.8) is 0 Å². The van der Waals surface area contributed by atoms with Crippen LogP contribution in [0.4, 0.5) is 0 Å². The molecule has 0 unspecified atom stereocenters. The number of hydrogen-bond acceptors (Lipinski definition) is 4. The molecule has 1 aliphatic carbocycles. The van der Waals surface area contributed by atoms with Gasteiger partial charge in [0, 0.05) is 29.3 Å². The van der Waals surface area contributed by atoms with E-state index in [-0.39, 0.29) is 29.2 Å². The molecular weight excluding hydrogens is 350 g/mol. The molecule has 4 nitrogen and oxygen atoms in total. The minimum Gasteiger partial charge on any atom is -0.460 e. The fourth-order valence-electron chi connectivity index (χ4n) is 4.26. The molecule has 1 atom stereocenters. The van der Waals surface area contributed by atoms with Crippen LogP contribution in [0.2, 0.25) is 0 Å². The number of nitrogens with one attached hydrogen (secondary N) is 1. The van der Waals surface area contributed by atoms with Crippen LogP contribution in [0.5, 0.6) is 0 Å². The van der Waals surface area contributed by atoms with Crippen LogP contribution >= 0.6 is 0 Å². The smallest absolute Gasteiger partial charge is 0.337 e. The normalized spacial score (nSPS) is 21.5. The van der Waals surface area contributed by atoms with Crippen LogP contribution in [0.1, 0.15) is 71.4 Å². The Balaban J connectivity index is 2.14. The number of esters is 1. The Kier molecular flexibility index (Phi) is 5.51. The minimum atomic E-state index is -0.378. The van der Waals surface area contributed by atoms with Crippen molar-refractivity contribution in [2.45, 2.75) is 72.8 Å². The molecule has 1 aliphatic heterocycles. The van der Waals surface area contributed by atoms with Crippen molar-refractivity contribution in [2.24, 2.45) is 5.41 Å². The molecule has 0 amide bonds. The number of benzene rings is 1. The Hall–Kier alpha value is -2.36. The molecule has 1 heterocycles. The van der Waals surface area contributed by atoms with Gasteiger partial charge in [-0.05, 0) is 50.2 Å². The van der Waals surface area contributed by atoms with Crippen molar-refractivity contribution in [2.75, 3.05) is 0 Å². The molecule has 0 fully saturated rings. The Morgan fingerprint density at radius 3 is 2.43 bits per heavy atom. The number of allylic oxidation sites excluding steroid dienone is 3. The van der Waals surface area contributed by atoms with Gasteiger partial charge in [0.1, 0.15) is 0 Å². The average Bonchev–Trinajstić information content (AvgIpc) is 2.58. The van der Waals surface area contributed by atoms with Crippen LogP contribution in [0, 0.1) is 5.41 Å². The highest BCUT2D eigenvalue weighted by atomic mass is 16.5. The van der Waals surface area contributed by atoms with E-state index >= 15 is 0 Å². The summed E-state index contributed by atoms with van der Waals surface area (Å²) < 4.78 is 5.54. The average molecular weight is 382 g/mol. The second-order valence-electron chi connectivity index (χ2n) is 8.98. The summed E-state index contributed by atoms with van der Waals surface area (Å²) in [6, 6.07) is 8.25. The number of rotatable bonds is 4. The van der Waals surface area contributed by atoms with Gasteiger partial charge in [-0.25, -0.2) is 4.79 Å². The molecule has 0 bridgehead atoms. The van der Waals surface area contributed by atoms with E-state index in [2.05, 4.69) is 38.2 Å². The van der Waals surface area contributed by atoms with E-state index in [0.717, 1.165) is 35.4 Å². The fraction of sp³-hybridized carbons (Fsp3) is 0.500. The van der Waals surface area contributed by atoms with Crippen molar-refractivity contribution in [1.29, 1.82) is 0 Å². The number of dihydropyridines is 1. The van der Waals surface area contributed by atoms with E-state index in [4.69, 9.17) is 4.74 Å². The third-order valence-corrected chi connectivity index (χ3v) is 5.52. The quantitative estimate of drug-likeness (QED) is 0.761. The van der Waals surface area contributed by atoms with Gasteiger partial charge in [-0.2, -0.15) is 0 Å². The Morgan fingerprint density at radius 1 is 1.21 bits per heavy atom. The first-order chi connectivity index (χ1) is 13.1. The third kappa shape index (κ3) is 3.91. The molecule has 2 aliphatic rings. The van der Waals surface area contributed by atoms with E-state index in [0.29, 0.717) is 12.0 Å². The van der Waals surface area contributed by atoms with Gasteiger partial charge in [0.25, 0.3) is 0 Å². The van der Waals surface area contributed by atoms with E-state index in [9.17, 15) is 9.59 Å². The van der Waals surface area contributed by atoms with Crippen LogP contribution < -0.4 is 5.32 Å². The first-order valence-corrected chi connectivity index (χ1v) is 10.2. The highest BCUT2D eigenvalue weighted by molar-refractivity contribution is 6.04. The van der Waals surface area contributed by atoms with Gasteiger partial charge in [-0.3, -0.25) is 4.79 Å². The van der Waals surface area contributed by atoms with Crippen LogP contribution in [-0.4, -0.2) is 17.9 Å². The molecule has 150 valence electrons. The zero-order chi connectivity index (χ0) is 20.6. The summed E-state index contributed by atoms with van der Waals surface area (Å²) >= 11 is 0. The molecule has 4 heteroatoms. The van der Waals surface area contributed by atoms with E-state index in [1.807, 2.05) is 32.9 Å². The standard InChI is InChI=1S/C24H31NO3/c1-7-16-8-10-17(11-9-16)21-20(23(27)28-14(2)3)15(4)25-18-12-24(5,6)13-19(26)22(18)21/h8-11,14,21,25H,7,12-13H2,1-6H3/t21-/m1/s1. The third-order valence-electron chi connectivity index (χ3n) is 5.52. The lowest BCUT2D eigenvalue weighted by atomic mass is 9.68. The summed E-state index contributed by atoms with van der Waals surface area (Å²) in [4.78, 5) is 26.2. The van der Waals surface area contributed by atoms with E-state index < -0.39 is 0 Å². The van der Waals surface area contributed by atoms with Crippen LogP contribution in [0.3, 0.4) is 0 Å². The Bertz CT molecular complexity index is 856. The Morgan fingerprint density at radius 2 is 1.86 bits per heavy atom. The van der Waals surface area contributed by atoms with Crippen molar-refractivity contribution in [3.8, 4) is 0 Å². The molecule has 1 aromatic rings. The summed E-state index contributed by atoms with van der Waals surface area (Å²) in [5.74, 6) is -0.614. The van der Waals surface area contributed by atoms with Gasteiger partial charge in [-0.15, -0.1) is 0 Å². The predicted octanol–water partition coefficient (Wildman–Crippen LogP) is 4.80. The highest BCUT2D eigenvalue weighted by Crippen LogP contribution is 2.46. The van der Waals surface area contributed by atoms with Crippen molar-refractivity contribution in [1.82, 2.24) is 5.32 Å². The molecule has 0 radical (unpaired) electrons. The monoisotopic (exact) mass is 381 g/mol. The lowest BCUT2D eigenvalue weighted by Crippen LogP contribution is -2.39. The van der Waals surface area contributed by atoms with Crippen LogP contribution in [-0.2, 0) is 20.7 Å². The first kappa shape index (κ1) is 20.4. The predicted molar refractivity (Wildman–Crippen MR) is 111 cm³/mol. The van der Waals surface area contributed by atoms with Crippen molar-refractivity contribution < 1.29 is 14.3 Å². The van der Waals surface area contributed by atoms with Gasteiger partial charge in [0.15, 0.2) is 5.78 Å². The number of ketones is 1. The maximum atomic E-state index is 13.2. The van der Waals surface area contributed by atoms with E-state index in [1.54, 1.807) is 0 Å². The molecule has 28 heavy (non-hydrogen) atoms. The highest BCUT2D eigenvalue weighted by Gasteiger charge is 2.43. The maximum Gasteiger partial charge on any atom is 0.337 e. The summed E-state index contributed by atoms with van der Waals surface area (Å²) in [6.07, 6.45) is 2.02. The van der Waals surface area contributed by atoms with Crippen LogP contribution in [0.25, 0.3) is 0 Å². The lowest BCUT2D eigenvalue weighted by Gasteiger charge is -2.39. The zero-order valence-electron chi connectivity index (χ0n) is 17.8. The molecule has 0 aromatic heterocycles. The van der Waals surface area contributed by atoms with Gasteiger partial charge in [-0.1, -0.05) is 45.0 Å². The lowest BCUT2D eigenvalue weighted by molar-refractivity contribution is -0.143. The molecular formula is C24H31NO3. The number of carbonyl (C=O) groups excluding carboxylic acids is 2. The number of carbonyl (C=O) groups is 2. The summed E-state index contributed by atoms with van der Waals surface area (Å²) in [7, 11) is 0. The van der Waals surface area contributed by atoms with Gasteiger partial charge >= 0.3 is 5.97 Å². The van der Waals surface area contributed by atoms with Crippen LogP contribution in [0.15, 0.2) is 46.8 Å². The van der Waals surface area contributed by atoms with Gasteiger partial charge in [0.2, 0.25) is 0 Å². The number of hydrogen-bond donors (Lipinski definition) is 1. The first-order valence-electron chi connectivity index (χ1n) is 10.2. The summed E-state index contributed by atoms with van der Waals surface area (Å²) in [5, 5.41) is 3.37. The van der Waals surface area contributed by atoms with E-state index in [1.165, 1.54) is 5.56 Å². The summed E-state index contributed by atoms with van der Waals surface area (Å²) in [5.41, 5.74) is 5.11. The molecule has 0 saturated carbocycles. The maximum absolute atomic E-state index is 13.2. The second kappa shape index (κ2) is 7.57. The SMILES string of the molecule is CCc1ccc([C@@H]2C(C(=O)OC(C)C)=C(C)NC3=C2C(=O)CC(C)(C)C3)cc1. The van der Waals surface area contributed by atoms with Gasteiger partial charge < -0.3 is 10.1 Å². The number of Topliss-reactive ketones (excluding diaryl/α,β-unsaturated/α-hetero) is 1. The second-order valence-corrected chi connectivity index (χ2v) is 8.98. The zero-order valence-corrected chi connectivity index (χ0v) is 17.8.